The first-order valence-electron chi connectivity index (χ1n) is 5.83. The van der Waals surface area contributed by atoms with Gasteiger partial charge in [0.25, 0.3) is 0 Å². The van der Waals surface area contributed by atoms with Gasteiger partial charge in [0, 0.05) is 31.2 Å². The van der Waals surface area contributed by atoms with Gasteiger partial charge in [0.1, 0.15) is 0 Å². The van der Waals surface area contributed by atoms with Gasteiger partial charge < -0.3 is 9.80 Å². The first-order chi connectivity index (χ1) is 8.08. The molecule has 0 saturated heterocycles. The van der Waals surface area contributed by atoms with E-state index in [9.17, 15) is 4.79 Å². The van der Waals surface area contributed by atoms with E-state index in [1.807, 2.05) is 50.1 Å². The zero-order chi connectivity index (χ0) is 12.8. The van der Waals surface area contributed by atoms with Crippen LogP contribution in [0, 0.1) is 0 Å². The van der Waals surface area contributed by atoms with Crippen LogP contribution in [0.3, 0.4) is 0 Å². The second kappa shape index (κ2) is 6.64. The Morgan fingerprint density at radius 3 is 2.18 bits per heavy atom. The van der Waals surface area contributed by atoms with Crippen LogP contribution in [0.15, 0.2) is 28.7 Å². The van der Waals surface area contributed by atoms with Crippen LogP contribution in [-0.2, 0) is 6.54 Å². The summed E-state index contributed by atoms with van der Waals surface area (Å²) in [4.78, 5) is 15.6. The predicted octanol–water partition coefficient (Wildman–Crippen LogP) is 3.34. The summed E-state index contributed by atoms with van der Waals surface area (Å²) in [6.45, 7) is 6.13. The lowest BCUT2D eigenvalue weighted by atomic mass is 10.2. The van der Waals surface area contributed by atoms with E-state index in [4.69, 9.17) is 0 Å². The predicted molar refractivity (Wildman–Crippen MR) is 73.9 cm³/mol. The lowest BCUT2D eigenvalue weighted by molar-refractivity contribution is 0.165. The summed E-state index contributed by atoms with van der Waals surface area (Å²) in [5, 5.41) is 0. The van der Waals surface area contributed by atoms with Crippen LogP contribution in [0.2, 0.25) is 0 Å². The number of hydrogen-bond acceptors (Lipinski definition) is 1. The number of hydrogen-bond donors (Lipinski definition) is 0. The average Bonchev–Trinajstić information content (AvgIpc) is 2.33. The lowest BCUT2D eigenvalue weighted by Gasteiger charge is -2.26. The highest BCUT2D eigenvalue weighted by Gasteiger charge is 2.14. The van der Waals surface area contributed by atoms with Crippen LogP contribution >= 0.6 is 15.9 Å². The van der Waals surface area contributed by atoms with Gasteiger partial charge in [-0.05, 0) is 31.5 Å². The maximum Gasteiger partial charge on any atom is 0.320 e. The van der Waals surface area contributed by atoms with Crippen molar-refractivity contribution in [2.45, 2.75) is 20.4 Å². The molecule has 0 unspecified atom stereocenters. The van der Waals surface area contributed by atoms with Gasteiger partial charge in [-0.1, -0.05) is 28.1 Å². The van der Waals surface area contributed by atoms with Crippen molar-refractivity contribution in [3.63, 3.8) is 0 Å². The number of nitrogens with zero attached hydrogens (tertiary/aromatic N) is 2. The number of urea groups is 1. The Balaban J connectivity index is 2.62. The molecule has 0 aromatic heterocycles. The van der Waals surface area contributed by atoms with E-state index >= 15 is 0 Å². The molecule has 0 fully saturated rings. The topological polar surface area (TPSA) is 23.6 Å². The average molecular weight is 299 g/mol. The SMILES string of the molecule is CCN(CC)C(=O)N(C)Cc1ccc(Br)cc1. The van der Waals surface area contributed by atoms with Crippen LogP contribution in [0.4, 0.5) is 4.79 Å². The number of halogens is 1. The Kier molecular flexibility index (Phi) is 5.48. The minimum atomic E-state index is 0.0814. The standard InChI is InChI=1S/C13H19BrN2O/c1-4-16(5-2)13(17)15(3)10-11-6-8-12(14)9-7-11/h6-9H,4-5,10H2,1-3H3. The van der Waals surface area contributed by atoms with Gasteiger partial charge in [0.15, 0.2) is 0 Å². The number of rotatable bonds is 4. The molecular formula is C13H19BrN2O. The van der Waals surface area contributed by atoms with E-state index in [1.54, 1.807) is 4.90 Å². The third-order valence-electron chi connectivity index (χ3n) is 2.69. The molecule has 1 rings (SSSR count). The molecule has 3 nitrogen and oxygen atoms in total. The van der Waals surface area contributed by atoms with Crippen molar-refractivity contribution in [1.82, 2.24) is 9.80 Å². The van der Waals surface area contributed by atoms with Crippen molar-refractivity contribution in [2.24, 2.45) is 0 Å². The summed E-state index contributed by atoms with van der Waals surface area (Å²) in [6, 6.07) is 8.11. The van der Waals surface area contributed by atoms with Crippen molar-refractivity contribution < 1.29 is 4.79 Å². The van der Waals surface area contributed by atoms with Gasteiger partial charge >= 0.3 is 6.03 Å². The normalized spacial score (nSPS) is 10.1. The summed E-state index contributed by atoms with van der Waals surface area (Å²) in [7, 11) is 1.84. The smallest absolute Gasteiger partial charge is 0.320 e. The first kappa shape index (κ1) is 14.0. The van der Waals surface area contributed by atoms with E-state index in [-0.39, 0.29) is 6.03 Å². The molecule has 0 heterocycles. The van der Waals surface area contributed by atoms with Crippen LogP contribution in [0.5, 0.6) is 0 Å². The molecule has 0 spiro atoms. The van der Waals surface area contributed by atoms with Crippen LogP contribution < -0.4 is 0 Å². The molecular weight excluding hydrogens is 280 g/mol. The Morgan fingerprint density at radius 2 is 1.71 bits per heavy atom. The molecule has 1 aromatic rings. The van der Waals surface area contributed by atoms with Gasteiger partial charge in [-0.15, -0.1) is 0 Å². The highest BCUT2D eigenvalue weighted by molar-refractivity contribution is 9.10. The third-order valence-corrected chi connectivity index (χ3v) is 3.22. The molecule has 17 heavy (non-hydrogen) atoms. The van der Waals surface area contributed by atoms with Crippen molar-refractivity contribution in [2.75, 3.05) is 20.1 Å². The second-order valence-corrected chi connectivity index (χ2v) is 4.85. The first-order valence-corrected chi connectivity index (χ1v) is 6.62. The lowest BCUT2D eigenvalue weighted by Crippen LogP contribution is -2.40. The molecule has 0 aliphatic heterocycles. The Morgan fingerprint density at radius 1 is 1.18 bits per heavy atom. The Hall–Kier alpha value is -1.03. The highest BCUT2D eigenvalue weighted by Crippen LogP contribution is 2.12. The molecule has 0 atom stereocenters. The zero-order valence-corrected chi connectivity index (χ0v) is 12.2. The summed E-state index contributed by atoms with van der Waals surface area (Å²) in [5.74, 6) is 0. The van der Waals surface area contributed by atoms with Gasteiger partial charge in [0.2, 0.25) is 0 Å². The van der Waals surface area contributed by atoms with E-state index in [1.165, 1.54) is 0 Å². The fourth-order valence-corrected chi connectivity index (χ4v) is 1.93. The van der Waals surface area contributed by atoms with Gasteiger partial charge in [-0.2, -0.15) is 0 Å². The number of benzene rings is 1. The van der Waals surface area contributed by atoms with E-state index in [0.717, 1.165) is 23.1 Å². The Labute approximate surface area is 112 Å². The molecule has 0 N–H and O–H groups in total. The monoisotopic (exact) mass is 298 g/mol. The summed E-state index contributed by atoms with van der Waals surface area (Å²) >= 11 is 3.40. The maximum absolute atomic E-state index is 12.0. The van der Waals surface area contributed by atoms with Crippen LogP contribution in [0.25, 0.3) is 0 Å². The number of carbonyl (C=O) groups is 1. The molecule has 2 amide bonds. The molecule has 0 aliphatic carbocycles. The minimum Gasteiger partial charge on any atom is -0.325 e. The molecule has 0 radical (unpaired) electrons. The fraction of sp³-hybridized carbons (Fsp3) is 0.462. The maximum atomic E-state index is 12.0. The molecule has 1 aromatic carbocycles. The second-order valence-electron chi connectivity index (χ2n) is 3.94. The van der Waals surface area contributed by atoms with Gasteiger partial charge in [0.05, 0.1) is 0 Å². The van der Waals surface area contributed by atoms with E-state index in [2.05, 4.69) is 15.9 Å². The van der Waals surface area contributed by atoms with Crippen molar-refractivity contribution in [1.29, 1.82) is 0 Å². The molecule has 0 bridgehead atoms. The molecule has 0 saturated carbocycles. The number of carbonyl (C=O) groups excluding carboxylic acids is 1. The zero-order valence-electron chi connectivity index (χ0n) is 10.6. The summed E-state index contributed by atoms with van der Waals surface area (Å²) in [6.07, 6.45) is 0. The van der Waals surface area contributed by atoms with Gasteiger partial charge in [-0.25, -0.2) is 4.79 Å². The summed E-state index contributed by atoms with van der Waals surface area (Å²) < 4.78 is 1.05. The van der Waals surface area contributed by atoms with E-state index < -0.39 is 0 Å². The number of amides is 2. The molecule has 4 heteroatoms. The molecule has 0 aliphatic rings. The quantitative estimate of drug-likeness (QED) is 0.836. The van der Waals surface area contributed by atoms with E-state index in [0.29, 0.717) is 6.54 Å². The third kappa shape index (κ3) is 4.04. The fourth-order valence-electron chi connectivity index (χ4n) is 1.67. The van der Waals surface area contributed by atoms with Crippen LogP contribution in [-0.4, -0.2) is 36.0 Å². The molecule has 94 valence electrons. The van der Waals surface area contributed by atoms with Gasteiger partial charge in [-0.3, -0.25) is 0 Å². The van der Waals surface area contributed by atoms with Crippen molar-refractivity contribution >= 4 is 22.0 Å². The largest absolute Gasteiger partial charge is 0.325 e. The van der Waals surface area contributed by atoms with Crippen molar-refractivity contribution in [3.8, 4) is 0 Å². The van der Waals surface area contributed by atoms with Crippen LogP contribution in [0.1, 0.15) is 19.4 Å². The Bertz CT molecular complexity index is 360. The van der Waals surface area contributed by atoms with Crippen molar-refractivity contribution in [3.05, 3.63) is 34.3 Å². The minimum absolute atomic E-state index is 0.0814. The highest BCUT2D eigenvalue weighted by atomic mass is 79.9. The summed E-state index contributed by atoms with van der Waals surface area (Å²) in [5.41, 5.74) is 1.14.